The van der Waals surface area contributed by atoms with Gasteiger partial charge < -0.3 is 25.8 Å². The second-order valence-corrected chi connectivity index (χ2v) is 7.95. The Morgan fingerprint density at radius 2 is 1.55 bits per heavy atom. The van der Waals surface area contributed by atoms with E-state index in [0.29, 0.717) is 13.1 Å². The molecule has 1 aliphatic heterocycles. The van der Waals surface area contributed by atoms with Gasteiger partial charge in [-0.3, -0.25) is 0 Å². The predicted molar refractivity (Wildman–Crippen MR) is 127 cm³/mol. The summed E-state index contributed by atoms with van der Waals surface area (Å²) in [4.78, 5) is 28.7. The van der Waals surface area contributed by atoms with Gasteiger partial charge in [-0.25, -0.2) is 9.59 Å². The molecular weight excluding hydrogens is 390 g/mol. The number of piperazine rings is 1. The number of amides is 4. The van der Waals surface area contributed by atoms with Gasteiger partial charge >= 0.3 is 12.1 Å². The van der Waals surface area contributed by atoms with Gasteiger partial charge in [0, 0.05) is 49.8 Å². The zero-order valence-electron chi connectivity index (χ0n) is 18.7. The maximum absolute atomic E-state index is 12.4. The summed E-state index contributed by atoms with van der Waals surface area (Å²) in [6.07, 6.45) is 2.08. The van der Waals surface area contributed by atoms with Crippen LogP contribution in [0.3, 0.4) is 0 Å². The molecule has 7 nitrogen and oxygen atoms in total. The molecule has 4 amide bonds. The summed E-state index contributed by atoms with van der Waals surface area (Å²) < 4.78 is 0. The number of hydrogen-bond donors (Lipinski definition) is 3. The van der Waals surface area contributed by atoms with Crippen LogP contribution in [0.25, 0.3) is 0 Å². The number of nitrogens with zero attached hydrogens (tertiary/aromatic N) is 2. The van der Waals surface area contributed by atoms with Gasteiger partial charge in [0.05, 0.1) is 0 Å². The molecule has 0 bridgehead atoms. The van der Waals surface area contributed by atoms with Gasteiger partial charge in [-0.2, -0.15) is 0 Å². The third-order valence-corrected chi connectivity index (χ3v) is 5.58. The largest absolute Gasteiger partial charge is 0.368 e. The maximum Gasteiger partial charge on any atom is 0.323 e. The molecule has 2 aromatic carbocycles. The number of aryl methyl sites for hydroxylation is 2. The second kappa shape index (κ2) is 10.7. The second-order valence-electron chi connectivity index (χ2n) is 7.95. The highest BCUT2D eigenvalue weighted by atomic mass is 16.2. The number of anilines is 3. The highest BCUT2D eigenvalue weighted by molar-refractivity contribution is 6.00. The van der Waals surface area contributed by atoms with Crippen molar-refractivity contribution in [3.63, 3.8) is 0 Å². The van der Waals surface area contributed by atoms with Gasteiger partial charge in [-0.1, -0.05) is 31.5 Å². The first-order valence-electron chi connectivity index (χ1n) is 11.0. The number of carbonyl (C=O) groups is 2. The van der Waals surface area contributed by atoms with Gasteiger partial charge in [0.1, 0.15) is 0 Å². The van der Waals surface area contributed by atoms with Gasteiger partial charge in [0.15, 0.2) is 0 Å². The Kier molecular flexibility index (Phi) is 7.76. The average molecular weight is 424 g/mol. The first kappa shape index (κ1) is 22.5. The summed E-state index contributed by atoms with van der Waals surface area (Å²) in [6, 6.07) is 13.5. The zero-order valence-corrected chi connectivity index (χ0v) is 18.7. The molecule has 3 rings (SSSR count). The van der Waals surface area contributed by atoms with E-state index in [9.17, 15) is 9.59 Å². The lowest BCUT2D eigenvalue weighted by Crippen LogP contribution is -2.52. The summed E-state index contributed by atoms with van der Waals surface area (Å²) in [7, 11) is 0. The number of carbonyl (C=O) groups excluding carboxylic acids is 2. The van der Waals surface area contributed by atoms with Crippen LogP contribution < -0.4 is 20.9 Å². The van der Waals surface area contributed by atoms with E-state index in [1.54, 1.807) is 0 Å². The van der Waals surface area contributed by atoms with E-state index in [1.165, 1.54) is 0 Å². The minimum absolute atomic E-state index is 0.0301. The van der Waals surface area contributed by atoms with Gasteiger partial charge in [-0.15, -0.1) is 0 Å². The molecule has 3 N–H and O–H groups in total. The van der Waals surface area contributed by atoms with E-state index in [4.69, 9.17) is 0 Å². The lowest BCUT2D eigenvalue weighted by molar-refractivity contribution is 0.194. The SMILES string of the molecule is CCCCNC(=O)N1CCN(c2ccc(NC(=O)Nc3c(C)cccc3C)cc2)CC1. The van der Waals surface area contributed by atoms with Crippen LogP contribution in [0.15, 0.2) is 42.5 Å². The molecule has 2 aromatic rings. The fourth-order valence-corrected chi connectivity index (χ4v) is 3.69. The smallest absolute Gasteiger partial charge is 0.323 e. The Bertz CT molecular complexity index is 869. The maximum atomic E-state index is 12.4. The summed E-state index contributed by atoms with van der Waals surface area (Å²) in [6.45, 7) is 9.80. The molecule has 0 unspecified atom stereocenters. The first-order chi connectivity index (χ1) is 15.0. The third-order valence-electron chi connectivity index (χ3n) is 5.58. The van der Waals surface area contributed by atoms with Crippen molar-refractivity contribution in [2.75, 3.05) is 48.3 Å². The number of unbranched alkanes of at least 4 members (excludes halogenated alkanes) is 1. The van der Waals surface area contributed by atoms with Crippen molar-refractivity contribution in [2.24, 2.45) is 0 Å². The van der Waals surface area contributed by atoms with Gasteiger partial charge in [0.2, 0.25) is 0 Å². The topological polar surface area (TPSA) is 76.7 Å². The molecule has 0 aromatic heterocycles. The molecule has 0 radical (unpaired) electrons. The number of nitrogens with one attached hydrogen (secondary N) is 3. The number of rotatable bonds is 6. The van der Waals surface area contributed by atoms with Crippen LogP contribution in [0.5, 0.6) is 0 Å². The molecular formula is C24H33N5O2. The minimum atomic E-state index is -0.257. The molecule has 1 saturated heterocycles. The van der Waals surface area contributed by atoms with E-state index in [0.717, 1.165) is 60.7 Å². The molecule has 1 heterocycles. The molecule has 166 valence electrons. The molecule has 1 fully saturated rings. The van der Waals surface area contributed by atoms with Crippen molar-refractivity contribution >= 4 is 29.1 Å². The van der Waals surface area contributed by atoms with Crippen molar-refractivity contribution in [1.29, 1.82) is 0 Å². The molecule has 7 heteroatoms. The molecule has 1 aliphatic rings. The number of benzene rings is 2. The number of hydrogen-bond acceptors (Lipinski definition) is 3. The van der Waals surface area contributed by atoms with Crippen LogP contribution in [-0.4, -0.2) is 49.7 Å². The van der Waals surface area contributed by atoms with Gasteiger partial charge in [0.25, 0.3) is 0 Å². The normalized spacial score (nSPS) is 13.6. The zero-order chi connectivity index (χ0) is 22.2. The van der Waals surface area contributed by atoms with Crippen LogP contribution in [0.2, 0.25) is 0 Å². The van der Waals surface area contributed by atoms with Gasteiger partial charge in [-0.05, 0) is 55.7 Å². The summed E-state index contributed by atoms with van der Waals surface area (Å²) >= 11 is 0. The van der Waals surface area contributed by atoms with Crippen LogP contribution in [0.1, 0.15) is 30.9 Å². The molecule has 0 saturated carbocycles. The van der Waals surface area contributed by atoms with Crippen LogP contribution in [0.4, 0.5) is 26.7 Å². The molecule has 0 atom stereocenters. The number of para-hydroxylation sites is 1. The van der Waals surface area contributed by atoms with Crippen LogP contribution in [0, 0.1) is 13.8 Å². The third kappa shape index (κ3) is 6.13. The Hall–Kier alpha value is -3.22. The van der Waals surface area contributed by atoms with E-state index in [-0.39, 0.29) is 12.1 Å². The molecule has 0 aliphatic carbocycles. The van der Waals surface area contributed by atoms with E-state index in [1.807, 2.05) is 61.2 Å². The molecule has 0 spiro atoms. The molecule has 31 heavy (non-hydrogen) atoms. The lowest BCUT2D eigenvalue weighted by Gasteiger charge is -2.36. The van der Waals surface area contributed by atoms with Crippen LogP contribution in [-0.2, 0) is 0 Å². The Balaban J connectivity index is 1.49. The van der Waals surface area contributed by atoms with E-state index in [2.05, 4.69) is 27.8 Å². The van der Waals surface area contributed by atoms with Crippen molar-refractivity contribution < 1.29 is 9.59 Å². The highest BCUT2D eigenvalue weighted by Gasteiger charge is 2.21. The quantitative estimate of drug-likeness (QED) is 0.595. The number of urea groups is 2. The van der Waals surface area contributed by atoms with Crippen molar-refractivity contribution in [3.05, 3.63) is 53.6 Å². The van der Waals surface area contributed by atoms with Crippen molar-refractivity contribution in [2.45, 2.75) is 33.6 Å². The summed E-state index contributed by atoms with van der Waals surface area (Å²) in [5.41, 5.74) is 4.73. The average Bonchev–Trinajstić information content (AvgIpc) is 2.77. The van der Waals surface area contributed by atoms with Crippen molar-refractivity contribution in [3.8, 4) is 0 Å². The predicted octanol–water partition coefficient (Wildman–Crippen LogP) is 4.58. The lowest BCUT2D eigenvalue weighted by atomic mass is 10.1. The Morgan fingerprint density at radius 3 is 2.16 bits per heavy atom. The summed E-state index contributed by atoms with van der Waals surface area (Å²) in [5.74, 6) is 0. The monoisotopic (exact) mass is 423 g/mol. The van der Waals surface area contributed by atoms with Crippen molar-refractivity contribution in [1.82, 2.24) is 10.2 Å². The fourth-order valence-electron chi connectivity index (χ4n) is 3.69. The standard InChI is InChI=1S/C24H33N5O2/c1-4-5-13-25-24(31)29-16-14-28(15-17-29)21-11-9-20(10-12-21)26-23(30)27-22-18(2)7-6-8-19(22)3/h6-12H,4-5,13-17H2,1-3H3,(H,25,31)(H2,26,27,30). The minimum Gasteiger partial charge on any atom is -0.368 e. The highest BCUT2D eigenvalue weighted by Crippen LogP contribution is 2.22. The van der Waals surface area contributed by atoms with E-state index >= 15 is 0 Å². The fraction of sp³-hybridized carbons (Fsp3) is 0.417. The summed E-state index contributed by atoms with van der Waals surface area (Å²) in [5, 5.41) is 8.81. The Morgan fingerprint density at radius 1 is 0.903 bits per heavy atom. The Labute approximate surface area is 184 Å². The first-order valence-corrected chi connectivity index (χ1v) is 11.0. The van der Waals surface area contributed by atoms with Crippen LogP contribution >= 0.6 is 0 Å². The van der Waals surface area contributed by atoms with E-state index < -0.39 is 0 Å².